The monoisotopic (exact) mass is 161 g/mol. The highest BCUT2D eigenvalue weighted by Gasteiger charge is 2.49. The maximum absolute atomic E-state index is 9.39. The van der Waals surface area contributed by atoms with Crippen LogP contribution in [0.2, 0.25) is 0 Å². The Morgan fingerprint density at radius 2 is 2.40 bits per heavy atom. The molecule has 2 fully saturated rings. The Hall–Kier alpha value is 0.230. The van der Waals surface area contributed by atoms with Crippen molar-refractivity contribution in [2.24, 2.45) is 0 Å². The standard InChI is InChI=1S/C6H11NO2S/c1-10-7-5(8)3-2-4-6(7)9-4/h4-6,8H,2-3H2,1H3. The first kappa shape index (κ1) is 6.91. The lowest BCUT2D eigenvalue weighted by Gasteiger charge is -2.26. The van der Waals surface area contributed by atoms with Crippen LogP contribution >= 0.6 is 11.9 Å². The van der Waals surface area contributed by atoms with E-state index < -0.39 is 0 Å². The summed E-state index contributed by atoms with van der Waals surface area (Å²) in [5, 5.41) is 9.39. The Morgan fingerprint density at radius 1 is 1.60 bits per heavy atom. The second-order valence-electron chi connectivity index (χ2n) is 2.67. The molecule has 0 aromatic rings. The van der Waals surface area contributed by atoms with Gasteiger partial charge in [0, 0.05) is 0 Å². The van der Waals surface area contributed by atoms with Crippen molar-refractivity contribution < 1.29 is 9.84 Å². The van der Waals surface area contributed by atoms with E-state index in [0.29, 0.717) is 6.10 Å². The van der Waals surface area contributed by atoms with E-state index in [1.165, 1.54) is 0 Å². The van der Waals surface area contributed by atoms with Gasteiger partial charge >= 0.3 is 0 Å². The lowest BCUT2D eigenvalue weighted by molar-refractivity contribution is 0.0334. The molecule has 2 aliphatic rings. The second-order valence-corrected chi connectivity index (χ2v) is 3.45. The van der Waals surface area contributed by atoms with Gasteiger partial charge in [-0.1, -0.05) is 11.9 Å². The van der Waals surface area contributed by atoms with Gasteiger partial charge in [0.25, 0.3) is 0 Å². The van der Waals surface area contributed by atoms with Crippen LogP contribution in [0.3, 0.4) is 0 Å². The summed E-state index contributed by atoms with van der Waals surface area (Å²) in [6, 6.07) is 0. The largest absolute Gasteiger partial charge is 0.377 e. The SMILES string of the molecule is CSN1C(O)CCC2OC21. The van der Waals surface area contributed by atoms with Crippen LogP contribution in [0.1, 0.15) is 12.8 Å². The zero-order chi connectivity index (χ0) is 7.14. The summed E-state index contributed by atoms with van der Waals surface area (Å²) in [5.74, 6) is 0. The van der Waals surface area contributed by atoms with Gasteiger partial charge in [-0.15, -0.1) is 0 Å². The van der Waals surface area contributed by atoms with E-state index in [1.807, 2.05) is 10.6 Å². The highest BCUT2D eigenvalue weighted by molar-refractivity contribution is 7.96. The van der Waals surface area contributed by atoms with Crippen LogP contribution < -0.4 is 0 Å². The van der Waals surface area contributed by atoms with Gasteiger partial charge in [0.1, 0.15) is 18.6 Å². The van der Waals surface area contributed by atoms with Gasteiger partial charge < -0.3 is 9.84 Å². The van der Waals surface area contributed by atoms with Crippen LogP contribution in [-0.2, 0) is 4.74 Å². The van der Waals surface area contributed by atoms with Gasteiger partial charge in [-0.3, -0.25) is 0 Å². The van der Waals surface area contributed by atoms with Crippen molar-refractivity contribution in [2.75, 3.05) is 6.26 Å². The van der Waals surface area contributed by atoms with Crippen LogP contribution in [-0.4, -0.2) is 34.2 Å². The molecule has 10 heavy (non-hydrogen) atoms. The van der Waals surface area contributed by atoms with Gasteiger partial charge in [0.05, 0.1) is 0 Å². The Kier molecular flexibility index (Phi) is 1.64. The van der Waals surface area contributed by atoms with Gasteiger partial charge in [-0.2, -0.15) is 4.31 Å². The number of rotatable bonds is 1. The first-order valence-corrected chi connectivity index (χ1v) is 4.67. The highest BCUT2D eigenvalue weighted by Crippen LogP contribution is 2.39. The van der Waals surface area contributed by atoms with Gasteiger partial charge in [-0.25, -0.2) is 0 Å². The van der Waals surface area contributed by atoms with Crippen LogP contribution in [0.4, 0.5) is 0 Å². The average molecular weight is 161 g/mol. The maximum Gasteiger partial charge on any atom is 0.148 e. The topological polar surface area (TPSA) is 36.0 Å². The third kappa shape index (κ3) is 0.955. The van der Waals surface area contributed by atoms with Crippen LogP contribution in [0, 0.1) is 0 Å². The lowest BCUT2D eigenvalue weighted by Crippen LogP contribution is -2.36. The second kappa shape index (κ2) is 2.37. The molecular formula is C6H11NO2S. The Labute approximate surface area is 64.5 Å². The fourth-order valence-corrected chi connectivity index (χ4v) is 2.15. The summed E-state index contributed by atoms with van der Waals surface area (Å²) in [6.45, 7) is 0. The Bertz CT molecular complexity index is 142. The van der Waals surface area contributed by atoms with Crippen molar-refractivity contribution in [2.45, 2.75) is 31.4 Å². The Morgan fingerprint density at radius 3 is 3.00 bits per heavy atom. The fourth-order valence-electron chi connectivity index (χ4n) is 1.40. The van der Waals surface area contributed by atoms with E-state index in [4.69, 9.17) is 4.74 Å². The van der Waals surface area contributed by atoms with E-state index in [9.17, 15) is 5.11 Å². The lowest BCUT2D eigenvalue weighted by atomic mass is 10.1. The summed E-state index contributed by atoms with van der Waals surface area (Å²) in [7, 11) is 0. The average Bonchev–Trinajstić information content (AvgIpc) is 2.66. The van der Waals surface area contributed by atoms with Crippen molar-refractivity contribution >= 4 is 11.9 Å². The third-order valence-corrected chi connectivity index (χ3v) is 2.89. The molecule has 0 radical (unpaired) electrons. The first-order chi connectivity index (χ1) is 4.83. The number of aliphatic hydroxyl groups excluding tert-OH is 1. The van der Waals surface area contributed by atoms with Crippen molar-refractivity contribution in [1.82, 2.24) is 4.31 Å². The molecule has 3 atom stereocenters. The number of ether oxygens (including phenoxy) is 1. The van der Waals surface area contributed by atoms with Crippen molar-refractivity contribution in [3.8, 4) is 0 Å². The molecule has 0 saturated carbocycles. The van der Waals surface area contributed by atoms with Crippen LogP contribution in [0.15, 0.2) is 0 Å². The smallest absolute Gasteiger partial charge is 0.148 e. The van der Waals surface area contributed by atoms with Crippen molar-refractivity contribution in [3.63, 3.8) is 0 Å². The summed E-state index contributed by atoms with van der Waals surface area (Å²) < 4.78 is 7.22. The van der Waals surface area contributed by atoms with Crippen LogP contribution in [0.25, 0.3) is 0 Å². The van der Waals surface area contributed by atoms with E-state index in [-0.39, 0.29) is 12.5 Å². The molecule has 3 unspecified atom stereocenters. The zero-order valence-electron chi connectivity index (χ0n) is 5.86. The molecule has 0 aliphatic carbocycles. The summed E-state index contributed by atoms with van der Waals surface area (Å²) in [6.07, 6.45) is 4.16. The minimum absolute atomic E-state index is 0.207. The number of piperidine rings is 1. The van der Waals surface area contributed by atoms with Gasteiger partial charge in [-0.05, 0) is 19.1 Å². The first-order valence-electron chi connectivity index (χ1n) is 3.49. The molecule has 1 N–H and O–H groups in total. The fraction of sp³-hybridized carbons (Fsp3) is 1.00. The van der Waals surface area contributed by atoms with Crippen LogP contribution in [0.5, 0.6) is 0 Å². The summed E-state index contributed by atoms with van der Waals surface area (Å²) in [5.41, 5.74) is 0. The molecule has 2 rings (SSSR count). The summed E-state index contributed by atoms with van der Waals surface area (Å²) >= 11 is 1.56. The van der Waals surface area contributed by atoms with Gasteiger partial charge in [0.15, 0.2) is 0 Å². The molecule has 4 heteroatoms. The molecule has 0 spiro atoms. The van der Waals surface area contributed by atoms with E-state index in [1.54, 1.807) is 11.9 Å². The summed E-state index contributed by atoms with van der Waals surface area (Å²) in [4.78, 5) is 0. The number of aliphatic hydroxyl groups is 1. The molecule has 2 aliphatic heterocycles. The predicted octanol–water partition coefficient (Wildman–Crippen LogP) is 0.404. The molecule has 2 heterocycles. The van der Waals surface area contributed by atoms with Crippen molar-refractivity contribution in [3.05, 3.63) is 0 Å². The molecule has 2 saturated heterocycles. The molecule has 0 bridgehead atoms. The highest BCUT2D eigenvalue weighted by atomic mass is 32.2. The minimum atomic E-state index is -0.293. The zero-order valence-corrected chi connectivity index (χ0v) is 6.67. The molecule has 58 valence electrons. The number of fused-ring (bicyclic) bond motifs is 1. The molecular weight excluding hydrogens is 150 g/mol. The normalized spacial score (nSPS) is 46.8. The Balaban J connectivity index is 2.00. The van der Waals surface area contributed by atoms with E-state index in [0.717, 1.165) is 12.8 Å². The molecule has 3 nitrogen and oxygen atoms in total. The predicted molar refractivity (Wildman–Crippen MR) is 39.3 cm³/mol. The van der Waals surface area contributed by atoms with Crippen molar-refractivity contribution in [1.29, 1.82) is 0 Å². The third-order valence-electron chi connectivity index (χ3n) is 2.02. The van der Waals surface area contributed by atoms with Gasteiger partial charge in [0.2, 0.25) is 0 Å². The number of nitrogens with zero attached hydrogens (tertiary/aromatic N) is 1. The molecule has 0 amide bonds. The molecule has 0 aromatic heterocycles. The van der Waals surface area contributed by atoms with E-state index in [2.05, 4.69) is 0 Å². The number of hydrogen-bond donors (Lipinski definition) is 1. The number of epoxide rings is 1. The minimum Gasteiger partial charge on any atom is -0.377 e. The maximum atomic E-state index is 9.39. The van der Waals surface area contributed by atoms with E-state index >= 15 is 0 Å². The quantitative estimate of drug-likeness (QED) is 0.446. The number of hydrogen-bond acceptors (Lipinski definition) is 4. The molecule has 0 aromatic carbocycles.